The second kappa shape index (κ2) is 10.6. The first kappa shape index (κ1) is 27.4. The van der Waals surface area contributed by atoms with Crippen LogP contribution >= 0.6 is 0 Å². The standard InChI is InChI=1S/C33H36N2O6/c1-3-32-16-17-33(41-32)26(27(32)31(39)40-4-2)30(38)35(25(20-36)18-21-10-6-5-7-11-21)28(33)29(37)34-24-15-14-22-12-8-9-13-23(22)19-24/h5-15,19,25-28,36H,3-4,16-18,20H2,1-2H3,(H,34,37)/t25-,26+,27-,28?,32+,33?/m1/s1. The van der Waals surface area contributed by atoms with E-state index in [1.54, 1.807) is 6.92 Å². The van der Waals surface area contributed by atoms with E-state index in [2.05, 4.69) is 5.32 Å². The lowest BCUT2D eigenvalue weighted by Gasteiger charge is -2.37. The zero-order chi connectivity index (χ0) is 28.8. The number of hydrogen-bond donors (Lipinski definition) is 2. The van der Waals surface area contributed by atoms with Gasteiger partial charge in [0.05, 0.1) is 30.8 Å². The molecule has 3 aliphatic rings. The van der Waals surface area contributed by atoms with Crippen molar-refractivity contribution in [1.82, 2.24) is 4.90 Å². The number of fused-ring (bicyclic) bond motifs is 2. The number of carbonyl (C=O) groups is 3. The molecule has 0 aromatic heterocycles. The molecule has 3 heterocycles. The minimum atomic E-state index is -1.20. The topological polar surface area (TPSA) is 105 Å². The van der Waals surface area contributed by atoms with Crippen molar-refractivity contribution in [3.05, 3.63) is 78.4 Å². The molecule has 3 aliphatic heterocycles. The normalized spacial score (nSPS) is 29.0. The third-order valence-corrected chi connectivity index (χ3v) is 9.34. The molecule has 8 heteroatoms. The number of benzene rings is 3. The van der Waals surface area contributed by atoms with Crippen LogP contribution in [-0.2, 0) is 30.3 Å². The fourth-order valence-electron chi connectivity index (χ4n) is 7.55. The fraction of sp³-hybridized carbons (Fsp3) is 0.424. The molecular weight excluding hydrogens is 520 g/mol. The lowest BCUT2D eigenvalue weighted by Crippen LogP contribution is -2.57. The summed E-state index contributed by atoms with van der Waals surface area (Å²) in [7, 11) is 0. The summed E-state index contributed by atoms with van der Waals surface area (Å²) in [6.07, 6.45) is 1.89. The summed E-state index contributed by atoms with van der Waals surface area (Å²) in [5, 5.41) is 15.7. The SMILES string of the molecule is CCOC(=O)[C@H]1[C@H]2C(=O)N([C@@H](CO)Cc3ccccc3)C(C(=O)Nc3ccc4ccccc4c3)C23CC[C@]1(CC)O3. The van der Waals surface area contributed by atoms with E-state index >= 15 is 0 Å². The van der Waals surface area contributed by atoms with Gasteiger partial charge in [-0.05, 0) is 61.1 Å². The molecule has 2 bridgehead atoms. The summed E-state index contributed by atoms with van der Waals surface area (Å²) in [6.45, 7) is 3.54. The molecule has 214 valence electrons. The van der Waals surface area contributed by atoms with E-state index in [0.29, 0.717) is 31.4 Å². The van der Waals surface area contributed by atoms with Gasteiger partial charge in [-0.1, -0.05) is 67.6 Å². The van der Waals surface area contributed by atoms with Crippen molar-refractivity contribution in [2.24, 2.45) is 11.8 Å². The smallest absolute Gasteiger partial charge is 0.312 e. The van der Waals surface area contributed by atoms with Gasteiger partial charge < -0.3 is 24.8 Å². The van der Waals surface area contributed by atoms with Crippen LogP contribution < -0.4 is 5.32 Å². The molecule has 1 spiro atoms. The quantitative estimate of drug-likeness (QED) is 0.385. The Bertz CT molecular complexity index is 1480. The maximum Gasteiger partial charge on any atom is 0.312 e. The number of likely N-dealkylation sites (tertiary alicyclic amines) is 1. The molecule has 0 aliphatic carbocycles. The van der Waals surface area contributed by atoms with Gasteiger partial charge in [-0.15, -0.1) is 0 Å². The fourth-order valence-corrected chi connectivity index (χ4v) is 7.55. The first-order valence-corrected chi connectivity index (χ1v) is 14.5. The molecule has 8 nitrogen and oxygen atoms in total. The number of amides is 2. The van der Waals surface area contributed by atoms with E-state index < -0.39 is 41.1 Å². The van der Waals surface area contributed by atoms with Gasteiger partial charge in [-0.2, -0.15) is 0 Å². The van der Waals surface area contributed by atoms with Crippen LogP contribution in [0.5, 0.6) is 0 Å². The molecule has 41 heavy (non-hydrogen) atoms. The number of carbonyl (C=O) groups excluding carboxylic acids is 3. The first-order chi connectivity index (χ1) is 19.9. The highest BCUT2D eigenvalue weighted by atomic mass is 16.6. The van der Waals surface area contributed by atoms with Gasteiger partial charge in [0.2, 0.25) is 11.8 Å². The number of aliphatic hydroxyl groups excluding tert-OH is 1. The number of rotatable bonds is 9. The number of ether oxygens (including phenoxy) is 2. The Balaban J connectivity index is 1.42. The highest BCUT2D eigenvalue weighted by Gasteiger charge is 2.79. The van der Waals surface area contributed by atoms with Gasteiger partial charge in [-0.3, -0.25) is 14.4 Å². The van der Waals surface area contributed by atoms with Gasteiger partial charge in [0.1, 0.15) is 17.6 Å². The Morgan fingerprint density at radius 3 is 2.49 bits per heavy atom. The van der Waals surface area contributed by atoms with Crippen molar-refractivity contribution in [1.29, 1.82) is 0 Å². The number of nitrogens with one attached hydrogen (secondary N) is 1. The van der Waals surface area contributed by atoms with Crippen LogP contribution in [0.2, 0.25) is 0 Å². The van der Waals surface area contributed by atoms with Crippen molar-refractivity contribution in [3.8, 4) is 0 Å². The van der Waals surface area contributed by atoms with Gasteiger partial charge in [0, 0.05) is 5.69 Å². The first-order valence-electron chi connectivity index (χ1n) is 14.5. The summed E-state index contributed by atoms with van der Waals surface area (Å²) in [5.74, 6) is -2.88. The second-order valence-corrected chi connectivity index (χ2v) is 11.4. The van der Waals surface area contributed by atoms with Crippen molar-refractivity contribution < 1.29 is 29.0 Å². The number of aliphatic hydroxyl groups is 1. The highest BCUT2D eigenvalue weighted by molar-refractivity contribution is 6.04. The largest absolute Gasteiger partial charge is 0.466 e. The van der Waals surface area contributed by atoms with Crippen molar-refractivity contribution in [2.45, 2.75) is 62.8 Å². The minimum absolute atomic E-state index is 0.186. The maximum absolute atomic E-state index is 14.4. The number of hydrogen-bond acceptors (Lipinski definition) is 6. The van der Waals surface area contributed by atoms with Gasteiger partial charge in [0.15, 0.2) is 0 Å². The Hall–Kier alpha value is -3.75. The third-order valence-electron chi connectivity index (χ3n) is 9.34. The van der Waals surface area contributed by atoms with E-state index in [0.717, 1.165) is 16.3 Å². The van der Waals surface area contributed by atoms with Crippen molar-refractivity contribution in [3.63, 3.8) is 0 Å². The predicted molar refractivity (Wildman–Crippen MR) is 154 cm³/mol. The van der Waals surface area contributed by atoms with E-state index in [1.807, 2.05) is 79.7 Å². The van der Waals surface area contributed by atoms with Crippen LogP contribution in [-0.4, -0.2) is 64.3 Å². The predicted octanol–water partition coefficient (Wildman–Crippen LogP) is 4.10. The second-order valence-electron chi connectivity index (χ2n) is 11.4. The zero-order valence-electron chi connectivity index (χ0n) is 23.4. The molecule has 3 aromatic rings. The molecule has 0 saturated carbocycles. The van der Waals surface area contributed by atoms with Gasteiger partial charge in [0.25, 0.3) is 0 Å². The number of nitrogens with zero attached hydrogens (tertiary/aromatic N) is 1. The van der Waals surface area contributed by atoms with Crippen LogP contribution in [0.15, 0.2) is 72.8 Å². The van der Waals surface area contributed by atoms with Crippen LogP contribution in [0.4, 0.5) is 5.69 Å². The Morgan fingerprint density at radius 2 is 1.78 bits per heavy atom. The highest BCUT2D eigenvalue weighted by Crippen LogP contribution is 2.64. The number of esters is 1. The molecule has 0 radical (unpaired) electrons. The molecule has 6 rings (SSSR count). The van der Waals surface area contributed by atoms with E-state index in [-0.39, 0.29) is 25.0 Å². The molecule has 2 unspecified atom stereocenters. The van der Waals surface area contributed by atoms with E-state index in [4.69, 9.17) is 9.47 Å². The molecule has 2 N–H and O–H groups in total. The summed E-state index contributed by atoms with van der Waals surface area (Å²) in [6, 6.07) is 21.4. The Labute approximate surface area is 239 Å². The molecule has 3 aromatic carbocycles. The monoisotopic (exact) mass is 556 g/mol. The van der Waals surface area contributed by atoms with Crippen LogP contribution in [0.3, 0.4) is 0 Å². The van der Waals surface area contributed by atoms with E-state index in [9.17, 15) is 19.5 Å². The Morgan fingerprint density at radius 1 is 1.05 bits per heavy atom. The third kappa shape index (κ3) is 4.32. The zero-order valence-corrected chi connectivity index (χ0v) is 23.4. The Kier molecular flexibility index (Phi) is 7.08. The van der Waals surface area contributed by atoms with Crippen molar-refractivity contribution >= 4 is 34.2 Å². The summed E-state index contributed by atoms with van der Waals surface area (Å²) in [5.41, 5.74) is -0.534. The van der Waals surface area contributed by atoms with Crippen LogP contribution in [0.1, 0.15) is 38.7 Å². The lowest BCUT2D eigenvalue weighted by molar-refractivity contribution is -0.161. The molecule has 3 fully saturated rings. The van der Waals surface area contributed by atoms with Crippen LogP contribution in [0.25, 0.3) is 10.8 Å². The molecule has 3 saturated heterocycles. The van der Waals surface area contributed by atoms with Crippen molar-refractivity contribution in [2.75, 3.05) is 18.5 Å². The van der Waals surface area contributed by atoms with Gasteiger partial charge in [-0.25, -0.2) is 0 Å². The summed E-state index contributed by atoms with van der Waals surface area (Å²) >= 11 is 0. The minimum Gasteiger partial charge on any atom is -0.466 e. The summed E-state index contributed by atoms with van der Waals surface area (Å²) in [4.78, 5) is 43.6. The molecule has 2 amide bonds. The molecule has 6 atom stereocenters. The maximum atomic E-state index is 14.4. The van der Waals surface area contributed by atoms with E-state index in [1.165, 1.54) is 4.90 Å². The lowest BCUT2D eigenvalue weighted by atomic mass is 9.65. The molecular formula is C33H36N2O6. The van der Waals surface area contributed by atoms with Gasteiger partial charge >= 0.3 is 5.97 Å². The van der Waals surface area contributed by atoms with Crippen LogP contribution in [0, 0.1) is 11.8 Å². The number of anilines is 1. The average molecular weight is 557 g/mol. The average Bonchev–Trinajstić information content (AvgIpc) is 3.60. The summed E-state index contributed by atoms with van der Waals surface area (Å²) < 4.78 is 12.3.